The standard InChI is InChI=1S/C13H16N2O3S/c1-2-15(9-12(14)17)13(18)11-7-6-10(19-11)5-3-4-8-16/h6-7,16H,2,4,8-9H2,1H3,(H2,14,17). The molecule has 0 unspecified atom stereocenters. The van der Waals surface area contributed by atoms with E-state index in [4.69, 9.17) is 10.8 Å². The predicted octanol–water partition coefficient (Wildman–Crippen LogP) is 0.429. The summed E-state index contributed by atoms with van der Waals surface area (Å²) in [4.78, 5) is 25.6. The van der Waals surface area contributed by atoms with E-state index in [0.717, 1.165) is 4.88 Å². The van der Waals surface area contributed by atoms with Crippen LogP contribution in [0, 0.1) is 11.8 Å². The number of likely N-dealkylation sites (N-methyl/N-ethyl adjacent to an activating group) is 1. The third-order valence-electron chi connectivity index (χ3n) is 2.28. The van der Waals surface area contributed by atoms with E-state index in [9.17, 15) is 9.59 Å². The average Bonchev–Trinajstić information content (AvgIpc) is 2.84. The zero-order valence-electron chi connectivity index (χ0n) is 10.7. The number of carbonyl (C=O) groups is 2. The van der Waals surface area contributed by atoms with E-state index in [1.54, 1.807) is 19.1 Å². The number of rotatable bonds is 5. The number of hydrogen-bond acceptors (Lipinski definition) is 4. The van der Waals surface area contributed by atoms with Gasteiger partial charge in [0.25, 0.3) is 5.91 Å². The lowest BCUT2D eigenvalue weighted by Crippen LogP contribution is -2.37. The van der Waals surface area contributed by atoms with Crippen LogP contribution in [0.15, 0.2) is 12.1 Å². The first kappa shape index (κ1) is 15.2. The minimum atomic E-state index is -0.533. The largest absolute Gasteiger partial charge is 0.395 e. The van der Waals surface area contributed by atoms with Gasteiger partial charge in [-0.3, -0.25) is 9.59 Å². The second-order valence-electron chi connectivity index (χ2n) is 3.72. The van der Waals surface area contributed by atoms with Crippen LogP contribution in [0.5, 0.6) is 0 Å². The summed E-state index contributed by atoms with van der Waals surface area (Å²) < 4.78 is 0. The molecule has 2 amide bonds. The number of aliphatic hydroxyl groups excluding tert-OH is 1. The van der Waals surface area contributed by atoms with Crippen LogP contribution in [0.4, 0.5) is 0 Å². The van der Waals surface area contributed by atoms with Crippen molar-refractivity contribution >= 4 is 23.2 Å². The smallest absolute Gasteiger partial charge is 0.264 e. The number of aliphatic hydroxyl groups is 1. The Labute approximate surface area is 116 Å². The molecule has 0 saturated heterocycles. The molecule has 0 aromatic carbocycles. The summed E-state index contributed by atoms with van der Waals surface area (Å²) in [5.41, 5.74) is 5.10. The number of primary amides is 1. The molecule has 0 radical (unpaired) electrons. The Kier molecular flexibility index (Phi) is 6.06. The van der Waals surface area contributed by atoms with Gasteiger partial charge in [-0.15, -0.1) is 11.3 Å². The topological polar surface area (TPSA) is 83.6 Å². The summed E-state index contributed by atoms with van der Waals surface area (Å²) in [6, 6.07) is 3.43. The Bertz CT molecular complexity index is 513. The number of amides is 2. The molecule has 1 heterocycles. The van der Waals surface area contributed by atoms with Crippen LogP contribution in [0.1, 0.15) is 27.9 Å². The number of nitrogens with zero attached hydrogens (tertiary/aromatic N) is 1. The fraction of sp³-hybridized carbons (Fsp3) is 0.385. The van der Waals surface area contributed by atoms with Crippen molar-refractivity contribution in [2.24, 2.45) is 5.73 Å². The number of thiophene rings is 1. The molecule has 1 rings (SSSR count). The zero-order chi connectivity index (χ0) is 14.3. The van der Waals surface area contributed by atoms with Crippen molar-refractivity contribution in [1.29, 1.82) is 0 Å². The van der Waals surface area contributed by atoms with Crippen LogP contribution in [-0.2, 0) is 4.79 Å². The van der Waals surface area contributed by atoms with Gasteiger partial charge in [0.1, 0.15) is 0 Å². The fourth-order valence-corrected chi connectivity index (χ4v) is 2.25. The van der Waals surface area contributed by atoms with Gasteiger partial charge in [0.2, 0.25) is 5.91 Å². The summed E-state index contributed by atoms with van der Waals surface area (Å²) in [7, 11) is 0. The number of carbonyl (C=O) groups excluding carboxylic acids is 2. The highest BCUT2D eigenvalue weighted by atomic mass is 32.1. The number of nitrogens with two attached hydrogens (primary N) is 1. The Morgan fingerprint density at radius 3 is 2.79 bits per heavy atom. The van der Waals surface area contributed by atoms with Crippen molar-refractivity contribution in [3.8, 4) is 11.8 Å². The molecular formula is C13H16N2O3S. The monoisotopic (exact) mass is 280 g/mol. The quantitative estimate of drug-likeness (QED) is 0.767. The van der Waals surface area contributed by atoms with Gasteiger partial charge in [0.05, 0.1) is 22.9 Å². The maximum absolute atomic E-state index is 12.1. The molecule has 19 heavy (non-hydrogen) atoms. The van der Waals surface area contributed by atoms with Crippen LogP contribution >= 0.6 is 11.3 Å². The highest BCUT2D eigenvalue weighted by Crippen LogP contribution is 2.17. The minimum Gasteiger partial charge on any atom is -0.395 e. The summed E-state index contributed by atoms with van der Waals surface area (Å²) in [6.07, 6.45) is 0.407. The van der Waals surface area contributed by atoms with Crippen molar-refractivity contribution in [3.63, 3.8) is 0 Å². The van der Waals surface area contributed by atoms with Crippen molar-refractivity contribution in [1.82, 2.24) is 4.90 Å². The van der Waals surface area contributed by atoms with Gasteiger partial charge in [-0.05, 0) is 19.1 Å². The SMILES string of the molecule is CCN(CC(N)=O)C(=O)c1ccc(C#CCCO)s1. The molecule has 0 aliphatic rings. The second kappa shape index (κ2) is 7.56. The molecule has 0 atom stereocenters. The Morgan fingerprint density at radius 1 is 1.47 bits per heavy atom. The lowest BCUT2D eigenvalue weighted by molar-refractivity contribution is -0.118. The lowest BCUT2D eigenvalue weighted by atomic mass is 10.3. The van der Waals surface area contributed by atoms with Gasteiger partial charge in [-0.25, -0.2) is 0 Å². The molecule has 0 bridgehead atoms. The van der Waals surface area contributed by atoms with Crippen LogP contribution in [0.3, 0.4) is 0 Å². The first-order valence-electron chi connectivity index (χ1n) is 5.85. The Morgan fingerprint density at radius 2 is 2.21 bits per heavy atom. The van der Waals surface area contributed by atoms with Gasteiger partial charge in [0.15, 0.2) is 0 Å². The fourth-order valence-electron chi connectivity index (χ4n) is 1.40. The second-order valence-corrected chi connectivity index (χ2v) is 4.81. The van der Waals surface area contributed by atoms with E-state index in [2.05, 4.69) is 11.8 Å². The molecule has 1 aromatic heterocycles. The number of hydrogen-bond donors (Lipinski definition) is 2. The van der Waals surface area contributed by atoms with E-state index >= 15 is 0 Å². The highest BCUT2D eigenvalue weighted by molar-refractivity contribution is 7.14. The van der Waals surface area contributed by atoms with Crippen molar-refractivity contribution in [3.05, 3.63) is 21.9 Å². The minimum absolute atomic E-state index is 0.0202. The van der Waals surface area contributed by atoms with Crippen LogP contribution in [-0.4, -0.2) is 41.5 Å². The van der Waals surface area contributed by atoms with E-state index in [0.29, 0.717) is 17.8 Å². The van der Waals surface area contributed by atoms with Crippen molar-refractivity contribution in [2.75, 3.05) is 19.7 Å². The first-order valence-corrected chi connectivity index (χ1v) is 6.67. The Balaban J connectivity index is 2.77. The van der Waals surface area contributed by atoms with E-state index in [1.807, 2.05) is 0 Å². The van der Waals surface area contributed by atoms with Gasteiger partial charge in [-0.1, -0.05) is 11.8 Å². The molecular weight excluding hydrogens is 264 g/mol. The molecule has 1 aromatic rings. The van der Waals surface area contributed by atoms with Crippen molar-refractivity contribution < 1.29 is 14.7 Å². The third-order valence-corrected chi connectivity index (χ3v) is 3.27. The molecule has 0 aliphatic heterocycles. The average molecular weight is 280 g/mol. The van der Waals surface area contributed by atoms with Gasteiger partial charge in [0, 0.05) is 13.0 Å². The molecule has 6 heteroatoms. The summed E-state index contributed by atoms with van der Waals surface area (Å²) in [5.74, 6) is 4.90. The molecule has 0 aliphatic carbocycles. The molecule has 3 N–H and O–H groups in total. The summed E-state index contributed by atoms with van der Waals surface area (Å²) in [6.45, 7) is 2.15. The summed E-state index contributed by atoms with van der Waals surface area (Å²) in [5, 5.41) is 8.62. The molecule has 5 nitrogen and oxygen atoms in total. The maximum Gasteiger partial charge on any atom is 0.264 e. The highest BCUT2D eigenvalue weighted by Gasteiger charge is 2.17. The third kappa shape index (κ3) is 4.73. The van der Waals surface area contributed by atoms with Crippen LogP contribution in [0.2, 0.25) is 0 Å². The van der Waals surface area contributed by atoms with E-state index < -0.39 is 5.91 Å². The lowest BCUT2D eigenvalue weighted by Gasteiger charge is -2.17. The van der Waals surface area contributed by atoms with Crippen LogP contribution < -0.4 is 5.73 Å². The maximum atomic E-state index is 12.1. The van der Waals surface area contributed by atoms with Gasteiger partial charge >= 0.3 is 0 Å². The summed E-state index contributed by atoms with van der Waals surface area (Å²) >= 11 is 1.26. The normalized spacial score (nSPS) is 9.58. The van der Waals surface area contributed by atoms with E-state index in [-0.39, 0.29) is 19.1 Å². The van der Waals surface area contributed by atoms with Gasteiger partial charge < -0.3 is 15.7 Å². The Hall–Kier alpha value is -1.84. The van der Waals surface area contributed by atoms with Crippen molar-refractivity contribution in [2.45, 2.75) is 13.3 Å². The predicted molar refractivity (Wildman–Crippen MR) is 73.7 cm³/mol. The van der Waals surface area contributed by atoms with Gasteiger partial charge in [-0.2, -0.15) is 0 Å². The molecule has 0 spiro atoms. The van der Waals surface area contributed by atoms with Crippen LogP contribution in [0.25, 0.3) is 0 Å². The molecule has 0 saturated carbocycles. The zero-order valence-corrected chi connectivity index (χ0v) is 11.5. The molecule has 0 fully saturated rings. The first-order chi connectivity index (χ1) is 9.08. The van der Waals surface area contributed by atoms with E-state index in [1.165, 1.54) is 16.2 Å². The molecule has 102 valence electrons.